The van der Waals surface area contributed by atoms with Gasteiger partial charge in [-0.15, -0.1) is 0 Å². The zero-order chi connectivity index (χ0) is 13.8. The molecule has 0 amide bonds. The lowest BCUT2D eigenvalue weighted by molar-refractivity contribution is 0.176. The van der Waals surface area contributed by atoms with Gasteiger partial charge in [-0.3, -0.25) is 4.90 Å². The molecule has 4 heteroatoms. The zero-order valence-corrected chi connectivity index (χ0v) is 12.7. The van der Waals surface area contributed by atoms with Crippen molar-refractivity contribution in [2.24, 2.45) is 0 Å². The minimum absolute atomic E-state index is 0.629. The molecule has 1 heterocycles. The highest BCUT2D eigenvalue weighted by Gasteiger charge is 2.21. The van der Waals surface area contributed by atoms with Gasteiger partial charge >= 0.3 is 0 Å². The number of likely N-dealkylation sites (N-methyl/N-ethyl adjacent to an activating group) is 1. The monoisotopic (exact) mass is 281 g/mol. The van der Waals surface area contributed by atoms with Gasteiger partial charge in [0, 0.05) is 25.7 Å². The highest BCUT2D eigenvalue weighted by atomic mass is 35.5. The van der Waals surface area contributed by atoms with Gasteiger partial charge in [-0.1, -0.05) is 24.6 Å². The van der Waals surface area contributed by atoms with Crippen LogP contribution in [0.25, 0.3) is 0 Å². The number of hydrogen-bond donors (Lipinski definition) is 1. The average Bonchev–Trinajstić information content (AvgIpc) is 2.56. The van der Waals surface area contributed by atoms with Crippen LogP contribution in [0.4, 0.5) is 5.69 Å². The molecule has 0 saturated carbocycles. The standard InChI is InChI=1S/C15H24ClN3/c1-3-13-11-18(2)7-4-8-19(13)10-12-5-6-15(17)14(16)9-12/h5-6,9,13H,3-4,7-8,10-11,17H2,1-2H3. The number of nitrogen functional groups attached to an aromatic ring is 1. The summed E-state index contributed by atoms with van der Waals surface area (Å²) >= 11 is 6.11. The third-order valence-electron chi connectivity index (χ3n) is 3.95. The quantitative estimate of drug-likeness (QED) is 0.865. The van der Waals surface area contributed by atoms with Gasteiger partial charge in [-0.2, -0.15) is 0 Å². The highest BCUT2D eigenvalue weighted by molar-refractivity contribution is 6.33. The van der Waals surface area contributed by atoms with E-state index in [1.165, 1.54) is 24.9 Å². The van der Waals surface area contributed by atoms with Gasteiger partial charge in [0.05, 0.1) is 10.7 Å². The lowest BCUT2D eigenvalue weighted by Crippen LogP contribution is -2.39. The van der Waals surface area contributed by atoms with E-state index in [2.05, 4.69) is 29.8 Å². The first-order valence-electron chi connectivity index (χ1n) is 7.06. The second-order valence-electron chi connectivity index (χ2n) is 5.50. The highest BCUT2D eigenvalue weighted by Crippen LogP contribution is 2.22. The van der Waals surface area contributed by atoms with E-state index in [9.17, 15) is 0 Å². The fourth-order valence-electron chi connectivity index (χ4n) is 2.79. The van der Waals surface area contributed by atoms with Crippen molar-refractivity contribution < 1.29 is 0 Å². The summed E-state index contributed by atoms with van der Waals surface area (Å²) in [5, 5.41) is 0.664. The van der Waals surface area contributed by atoms with Crippen LogP contribution in [0.1, 0.15) is 25.3 Å². The van der Waals surface area contributed by atoms with E-state index in [1.807, 2.05) is 12.1 Å². The van der Waals surface area contributed by atoms with Crippen LogP contribution in [-0.2, 0) is 6.54 Å². The van der Waals surface area contributed by atoms with Gasteiger partial charge in [0.2, 0.25) is 0 Å². The first-order valence-corrected chi connectivity index (χ1v) is 7.44. The number of benzene rings is 1. The van der Waals surface area contributed by atoms with E-state index in [4.69, 9.17) is 17.3 Å². The third-order valence-corrected chi connectivity index (χ3v) is 4.27. The molecular weight excluding hydrogens is 258 g/mol. The summed E-state index contributed by atoms with van der Waals surface area (Å²) in [7, 11) is 2.21. The van der Waals surface area contributed by atoms with E-state index in [0.29, 0.717) is 16.8 Å². The summed E-state index contributed by atoms with van der Waals surface area (Å²) in [5.74, 6) is 0. The first kappa shape index (κ1) is 14.6. The van der Waals surface area contributed by atoms with Crippen LogP contribution in [0.2, 0.25) is 5.02 Å². The molecule has 0 aliphatic carbocycles. The number of rotatable bonds is 3. The molecule has 19 heavy (non-hydrogen) atoms. The summed E-state index contributed by atoms with van der Waals surface area (Å²) in [6, 6.07) is 6.62. The van der Waals surface area contributed by atoms with Gasteiger partial charge in [0.1, 0.15) is 0 Å². The Labute approximate surface area is 121 Å². The van der Waals surface area contributed by atoms with Crippen molar-refractivity contribution in [3.8, 4) is 0 Å². The number of anilines is 1. The molecule has 1 aromatic rings. The van der Waals surface area contributed by atoms with Crippen LogP contribution >= 0.6 is 11.6 Å². The lowest BCUT2D eigenvalue weighted by Gasteiger charge is -2.30. The van der Waals surface area contributed by atoms with Crippen molar-refractivity contribution in [1.29, 1.82) is 0 Å². The minimum atomic E-state index is 0.629. The molecule has 1 aliphatic heterocycles. The van der Waals surface area contributed by atoms with Gasteiger partial charge in [0.25, 0.3) is 0 Å². The molecule has 0 bridgehead atoms. The number of hydrogen-bond acceptors (Lipinski definition) is 3. The van der Waals surface area contributed by atoms with E-state index in [1.54, 1.807) is 0 Å². The lowest BCUT2D eigenvalue weighted by atomic mass is 10.1. The average molecular weight is 282 g/mol. The van der Waals surface area contributed by atoms with E-state index in [-0.39, 0.29) is 0 Å². The summed E-state index contributed by atoms with van der Waals surface area (Å²) in [6.07, 6.45) is 2.42. The molecule has 0 aromatic heterocycles. The molecule has 2 N–H and O–H groups in total. The largest absolute Gasteiger partial charge is 0.398 e. The van der Waals surface area contributed by atoms with Gasteiger partial charge < -0.3 is 10.6 Å². The molecule has 2 rings (SSSR count). The Morgan fingerprint density at radius 2 is 2.16 bits per heavy atom. The smallest absolute Gasteiger partial charge is 0.0638 e. The summed E-state index contributed by atoms with van der Waals surface area (Å²) in [5.41, 5.74) is 7.68. The zero-order valence-electron chi connectivity index (χ0n) is 11.9. The van der Waals surface area contributed by atoms with Crippen molar-refractivity contribution in [2.75, 3.05) is 32.4 Å². The topological polar surface area (TPSA) is 32.5 Å². The third kappa shape index (κ3) is 3.85. The summed E-state index contributed by atoms with van der Waals surface area (Å²) in [6.45, 7) is 6.73. The van der Waals surface area contributed by atoms with Crippen LogP contribution < -0.4 is 5.73 Å². The number of nitrogens with zero attached hydrogens (tertiary/aromatic N) is 2. The van der Waals surface area contributed by atoms with Gasteiger partial charge in [-0.05, 0) is 44.1 Å². The maximum atomic E-state index is 6.11. The maximum absolute atomic E-state index is 6.11. The van der Waals surface area contributed by atoms with E-state index >= 15 is 0 Å². The van der Waals surface area contributed by atoms with E-state index < -0.39 is 0 Å². The Hall–Kier alpha value is -0.770. The van der Waals surface area contributed by atoms with Crippen molar-refractivity contribution in [1.82, 2.24) is 9.80 Å². The molecule has 0 radical (unpaired) electrons. The molecular formula is C15H24ClN3. The second-order valence-corrected chi connectivity index (χ2v) is 5.91. The minimum Gasteiger partial charge on any atom is -0.398 e. The van der Waals surface area contributed by atoms with Crippen LogP contribution in [0.3, 0.4) is 0 Å². The molecule has 106 valence electrons. The molecule has 0 spiro atoms. The van der Waals surface area contributed by atoms with E-state index in [0.717, 1.165) is 19.6 Å². The SMILES string of the molecule is CCC1CN(C)CCCN1Cc1ccc(N)c(Cl)c1. The van der Waals surface area contributed by atoms with Crippen LogP contribution in [0.5, 0.6) is 0 Å². The molecule has 1 aromatic carbocycles. The van der Waals surface area contributed by atoms with Crippen LogP contribution in [0, 0.1) is 0 Å². The fraction of sp³-hybridized carbons (Fsp3) is 0.600. The molecule has 1 unspecified atom stereocenters. The molecule has 1 saturated heterocycles. The van der Waals surface area contributed by atoms with Crippen molar-refractivity contribution >= 4 is 17.3 Å². The van der Waals surface area contributed by atoms with Crippen LogP contribution in [-0.4, -0.2) is 42.5 Å². The normalized spacial score (nSPS) is 22.4. The van der Waals surface area contributed by atoms with Crippen molar-refractivity contribution in [3.05, 3.63) is 28.8 Å². The van der Waals surface area contributed by atoms with Crippen molar-refractivity contribution in [2.45, 2.75) is 32.4 Å². The second kappa shape index (κ2) is 6.60. The Kier molecular flexibility index (Phi) is 5.08. The van der Waals surface area contributed by atoms with Gasteiger partial charge in [0.15, 0.2) is 0 Å². The molecule has 1 fully saturated rings. The number of nitrogens with two attached hydrogens (primary N) is 1. The van der Waals surface area contributed by atoms with Crippen molar-refractivity contribution in [3.63, 3.8) is 0 Å². The molecule has 1 atom stereocenters. The Balaban J connectivity index is 2.08. The maximum Gasteiger partial charge on any atom is 0.0638 e. The Morgan fingerprint density at radius 1 is 1.37 bits per heavy atom. The molecule has 1 aliphatic rings. The predicted octanol–water partition coefficient (Wildman–Crippen LogP) is 2.84. The Bertz CT molecular complexity index is 422. The van der Waals surface area contributed by atoms with Gasteiger partial charge in [-0.25, -0.2) is 0 Å². The molecule has 3 nitrogen and oxygen atoms in total. The predicted molar refractivity (Wildman–Crippen MR) is 82.5 cm³/mol. The fourth-order valence-corrected chi connectivity index (χ4v) is 2.99. The summed E-state index contributed by atoms with van der Waals surface area (Å²) in [4.78, 5) is 5.01. The number of halogens is 1. The first-order chi connectivity index (χ1) is 9.10. The Morgan fingerprint density at radius 3 is 2.84 bits per heavy atom. The summed E-state index contributed by atoms with van der Waals surface area (Å²) < 4.78 is 0. The van der Waals surface area contributed by atoms with Crippen LogP contribution in [0.15, 0.2) is 18.2 Å².